The van der Waals surface area contributed by atoms with Crippen LogP contribution in [-0.4, -0.2) is 0 Å². The van der Waals surface area contributed by atoms with Gasteiger partial charge in [0.05, 0.1) is 0 Å². The fourth-order valence-corrected chi connectivity index (χ4v) is 8.66. The van der Waals surface area contributed by atoms with Crippen molar-refractivity contribution in [1.82, 2.24) is 0 Å². The van der Waals surface area contributed by atoms with Gasteiger partial charge in [-0.05, 0) is 113 Å². The topological polar surface area (TPSA) is 0 Å². The monoisotopic (exact) mass is 612 g/mol. The van der Waals surface area contributed by atoms with Crippen LogP contribution < -0.4 is 0 Å². The van der Waals surface area contributed by atoms with Crippen LogP contribution in [0.3, 0.4) is 0 Å². The number of hydrogen-bond acceptors (Lipinski definition) is 1. The van der Waals surface area contributed by atoms with E-state index < -0.39 is 0 Å². The van der Waals surface area contributed by atoms with Gasteiger partial charge in [0.25, 0.3) is 0 Å². The largest absolute Gasteiger partial charge is 0.135 e. The van der Waals surface area contributed by atoms with Gasteiger partial charge in [0.1, 0.15) is 0 Å². The highest BCUT2D eigenvalue weighted by Gasteiger charge is 2.18. The van der Waals surface area contributed by atoms with E-state index in [0.717, 1.165) is 0 Å². The maximum Gasteiger partial charge on any atom is 0.0355 e. The summed E-state index contributed by atoms with van der Waals surface area (Å²) >= 11 is 1.87. The summed E-state index contributed by atoms with van der Waals surface area (Å²) in [4.78, 5) is 0. The lowest BCUT2D eigenvalue weighted by atomic mass is 9.84. The maximum atomic E-state index is 2.44. The van der Waals surface area contributed by atoms with E-state index in [0.29, 0.717) is 0 Å². The molecule has 0 amide bonds. The normalized spacial score (nSPS) is 11.8. The predicted molar refractivity (Wildman–Crippen MR) is 206 cm³/mol. The van der Waals surface area contributed by atoms with Crippen LogP contribution in [0.2, 0.25) is 0 Å². The third-order valence-corrected chi connectivity index (χ3v) is 11.0. The molecule has 0 nitrogen and oxygen atoms in total. The van der Waals surface area contributed by atoms with Crippen molar-refractivity contribution in [1.29, 1.82) is 0 Å². The van der Waals surface area contributed by atoms with E-state index in [9.17, 15) is 0 Å². The second-order valence-corrected chi connectivity index (χ2v) is 13.6. The van der Waals surface area contributed by atoms with Gasteiger partial charge in [-0.3, -0.25) is 0 Å². The van der Waals surface area contributed by atoms with Gasteiger partial charge in [0.15, 0.2) is 0 Å². The molecular weight excluding hydrogens is 585 g/mol. The van der Waals surface area contributed by atoms with Crippen molar-refractivity contribution in [3.63, 3.8) is 0 Å². The van der Waals surface area contributed by atoms with Gasteiger partial charge in [0.2, 0.25) is 0 Å². The van der Waals surface area contributed by atoms with Gasteiger partial charge in [-0.15, -0.1) is 11.3 Å². The van der Waals surface area contributed by atoms with Gasteiger partial charge >= 0.3 is 0 Å². The number of hydrogen-bond donors (Lipinski definition) is 0. The van der Waals surface area contributed by atoms with Crippen LogP contribution in [0.25, 0.3) is 96.6 Å². The van der Waals surface area contributed by atoms with Crippen molar-refractivity contribution >= 4 is 74.6 Å². The average molecular weight is 613 g/mol. The Kier molecular flexibility index (Phi) is 5.85. The summed E-state index contributed by atoms with van der Waals surface area (Å²) < 4.78 is 2.67. The Morgan fingerprint density at radius 2 is 0.702 bits per heavy atom. The first-order valence-electron chi connectivity index (χ1n) is 16.2. The molecule has 1 heterocycles. The van der Waals surface area contributed by atoms with Crippen LogP contribution in [-0.2, 0) is 0 Å². The van der Waals surface area contributed by atoms with Gasteiger partial charge in [-0.1, -0.05) is 133 Å². The van der Waals surface area contributed by atoms with Crippen molar-refractivity contribution in [3.8, 4) is 33.4 Å². The highest BCUT2D eigenvalue weighted by Crippen LogP contribution is 2.46. The van der Waals surface area contributed by atoms with E-state index in [2.05, 4.69) is 170 Å². The lowest BCUT2D eigenvalue weighted by Crippen LogP contribution is -1.92. The second kappa shape index (κ2) is 10.4. The minimum Gasteiger partial charge on any atom is -0.135 e. The Hall–Kier alpha value is -5.76. The lowest BCUT2D eigenvalue weighted by molar-refractivity contribution is 1.66. The first kappa shape index (κ1) is 26.5. The van der Waals surface area contributed by atoms with Crippen LogP contribution in [0.15, 0.2) is 170 Å². The zero-order valence-corrected chi connectivity index (χ0v) is 26.4. The van der Waals surface area contributed by atoms with Crippen molar-refractivity contribution in [2.45, 2.75) is 0 Å². The maximum absolute atomic E-state index is 2.44. The van der Waals surface area contributed by atoms with Crippen LogP contribution in [0, 0.1) is 0 Å². The molecule has 10 aromatic rings. The van der Waals surface area contributed by atoms with Crippen molar-refractivity contribution in [2.24, 2.45) is 0 Å². The fraction of sp³-hybridized carbons (Fsp3) is 0. The zero-order valence-electron chi connectivity index (χ0n) is 25.6. The fourth-order valence-electron chi connectivity index (χ4n) is 7.58. The molecule has 218 valence electrons. The number of fused-ring (bicyclic) bond motifs is 7. The summed E-state index contributed by atoms with van der Waals surface area (Å²) in [5, 5.41) is 12.8. The Morgan fingerprint density at radius 3 is 1.36 bits per heavy atom. The molecule has 0 radical (unpaired) electrons. The highest BCUT2D eigenvalue weighted by atomic mass is 32.1. The number of benzene rings is 9. The van der Waals surface area contributed by atoms with E-state index in [1.165, 1.54) is 96.6 Å². The average Bonchev–Trinajstić information content (AvgIpc) is 3.51. The van der Waals surface area contributed by atoms with Crippen molar-refractivity contribution < 1.29 is 0 Å². The predicted octanol–water partition coefficient (Wildman–Crippen LogP) is 13.7. The summed E-state index contributed by atoms with van der Waals surface area (Å²) in [5.74, 6) is 0. The Balaban J connectivity index is 1.30. The third kappa shape index (κ3) is 4.21. The quantitative estimate of drug-likeness (QED) is 0.174. The van der Waals surface area contributed by atoms with E-state index >= 15 is 0 Å². The Morgan fingerprint density at radius 1 is 0.255 bits per heavy atom. The molecule has 0 spiro atoms. The smallest absolute Gasteiger partial charge is 0.0355 e. The van der Waals surface area contributed by atoms with Crippen LogP contribution >= 0.6 is 11.3 Å². The van der Waals surface area contributed by atoms with E-state index in [4.69, 9.17) is 0 Å². The molecule has 47 heavy (non-hydrogen) atoms. The molecule has 1 heteroatoms. The SMILES string of the molecule is c1ccc2cc(-c3c4ccccc4c(-c4ccc5ccccc5c4)c4cc(-c5ccc6sc7ccccc7c6c5)ccc34)ccc2c1. The van der Waals surface area contributed by atoms with E-state index in [1.807, 2.05) is 11.3 Å². The molecule has 10 rings (SSSR count). The molecule has 0 aliphatic heterocycles. The third-order valence-electron chi connectivity index (χ3n) is 9.81. The molecule has 0 bridgehead atoms. The standard InChI is InChI=1S/C46H28S/c1-3-11-31-25-35(19-17-29(31)9-1)45-38-14-5-6-15-39(38)46(36-20-18-30-10-2-4-12-32(30)26-36)42-28-33(21-23-40(42)45)34-22-24-44-41(27-34)37-13-7-8-16-43(37)47-44/h1-28H. The molecule has 0 atom stereocenters. The van der Waals surface area contributed by atoms with Crippen LogP contribution in [0.4, 0.5) is 0 Å². The summed E-state index contributed by atoms with van der Waals surface area (Å²) in [6.45, 7) is 0. The molecule has 0 saturated carbocycles. The number of thiophene rings is 1. The highest BCUT2D eigenvalue weighted by molar-refractivity contribution is 7.25. The van der Waals surface area contributed by atoms with E-state index in [1.54, 1.807) is 0 Å². The summed E-state index contributed by atoms with van der Waals surface area (Å²) in [5.41, 5.74) is 7.54. The van der Waals surface area contributed by atoms with Crippen molar-refractivity contribution in [3.05, 3.63) is 170 Å². The Bertz CT molecular complexity index is 2850. The molecule has 0 aliphatic rings. The number of rotatable bonds is 3. The van der Waals surface area contributed by atoms with Gasteiger partial charge in [0, 0.05) is 20.2 Å². The molecule has 0 unspecified atom stereocenters. The summed E-state index contributed by atoms with van der Waals surface area (Å²) in [7, 11) is 0. The zero-order chi connectivity index (χ0) is 30.9. The van der Waals surface area contributed by atoms with Crippen molar-refractivity contribution in [2.75, 3.05) is 0 Å². The summed E-state index contributed by atoms with van der Waals surface area (Å²) in [6.07, 6.45) is 0. The first-order valence-corrected chi connectivity index (χ1v) is 17.0. The van der Waals surface area contributed by atoms with Gasteiger partial charge < -0.3 is 0 Å². The molecule has 0 aliphatic carbocycles. The molecule has 0 N–H and O–H groups in total. The van der Waals surface area contributed by atoms with Crippen LogP contribution in [0.5, 0.6) is 0 Å². The lowest BCUT2D eigenvalue weighted by Gasteiger charge is -2.19. The molecule has 9 aromatic carbocycles. The minimum atomic E-state index is 1.23. The second-order valence-electron chi connectivity index (χ2n) is 12.5. The molecule has 0 fully saturated rings. The molecule has 1 aromatic heterocycles. The molecular formula is C46H28S. The molecule has 0 saturated heterocycles. The Labute approximate surface area is 276 Å². The minimum absolute atomic E-state index is 1.23. The van der Waals surface area contributed by atoms with Crippen LogP contribution in [0.1, 0.15) is 0 Å². The summed E-state index contributed by atoms with van der Waals surface area (Å²) in [6, 6.07) is 63.0. The van der Waals surface area contributed by atoms with Gasteiger partial charge in [-0.2, -0.15) is 0 Å². The van der Waals surface area contributed by atoms with Gasteiger partial charge in [-0.25, -0.2) is 0 Å². The van der Waals surface area contributed by atoms with E-state index in [-0.39, 0.29) is 0 Å². The first-order chi connectivity index (χ1) is 23.3.